The summed E-state index contributed by atoms with van der Waals surface area (Å²) in [5.41, 5.74) is 1.81. The molecule has 0 spiro atoms. The van der Waals surface area contributed by atoms with E-state index in [-0.39, 0.29) is 5.91 Å². The number of amides is 1. The summed E-state index contributed by atoms with van der Waals surface area (Å²) in [4.78, 5) is 15.7. The molecule has 0 bridgehead atoms. The number of hydrogen-bond donors (Lipinski definition) is 1. The molecule has 0 saturated heterocycles. The second-order valence-electron chi connectivity index (χ2n) is 4.07. The van der Waals surface area contributed by atoms with E-state index in [1.807, 2.05) is 19.3 Å². The fourth-order valence-corrected chi connectivity index (χ4v) is 1.61. The van der Waals surface area contributed by atoms with Gasteiger partial charge in [0.25, 0.3) is 5.91 Å². The Morgan fingerprint density at radius 2 is 2.32 bits per heavy atom. The molecule has 2 rings (SSSR count). The first-order valence-corrected chi connectivity index (χ1v) is 5.81. The maximum Gasteiger partial charge on any atom is 0.269 e. The molecule has 1 N–H and O–H groups in total. The van der Waals surface area contributed by atoms with Crippen molar-refractivity contribution in [2.75, 3.05) is 6.54 Å². The van der Waals surface area contributed by atoms with Gasteiger partial charge in [-0.15, -0.1) is 0 Å². The van der Waals surface area contributed by atoms with Gasteiger partial charge in [-0.25, -0.2) is 4.98 Å². The molecule has 0 unspecified atom stereocenters. The molecule has 0 radical (unpaired) electrons. The Bertz CT molecular complexity index is 609. The van der Waals surface area contributed by atoms with E-state index >= 15 is 0 Å². The molecule has 0 saturated carbocycles. The lowest BCUT2D eigenvalue weighted by Gasteiger charge is -2.03. The number of aromatic nitrogens is 3. The van der Waals surface area contributed by atoms with Crippen LogP contribution in [-0.2, 0) is 13.5 Å². The van der Waals surface area contributed by atoms with E-state index in [4.69, 9.17) is 5.26 Å². The number of nitrogens with zero attached hydrogens (tertiary/aromatic N) is 4. The maximum absolute atomic E-state index is 11.8. The number of nitriles is 1. The highest BCUT2D eigenvalue weighted by Crippen LogP contribution is 2.00. The fraction of sp³-hybridized carbons (Fsp3) is 0.231. The summed E-state index contributed by atoms with van der Waals surface area (Å²) in [6.45, 7) is 0.520. The van der Waals surface area contributed by atoms with E-state index in [2.05, 4.69) is 15.4 Å². The first-order chi connectivity index (χ1) is 9.19. The largest absolute Gasteiger partial charge is 0.350 e. The van der Waals surface area contributed by atoms with Gasteiger partial charge in [0, 0.05) is 26.0 Å². The standard InChI is InChI=1S/C13H13N5O/c1-18-9-11(8-17-18)4-5-15-13(19)12-3-2-10(6-14)7-16-12/h2-3,7-9H,4-5H2,1H3,(H,15,19). The van der Waals surface area contributed by atoms with Crippen LogP contribution in [-0.4, -0.2) is 27.2 Å². The second kappa shape index (κ2) is 5.78. The van der Waals surface area contributed by atoms with Crippen LogP contribution in [0.1, 0.15) is 21.6 Å². The Labute approximate surface area is 110 Å². The first-order valence-electron chi connectivity index (χ1n) is 5.81. The average molecular weight is 255 g/mol. The van der Waals surface area contributed by atoms with Crippen molar-refractivity contribution in [2.45, 2.75) is 6.42 Å². The fourth-order valence-electron chi connectivity index (χ4n) is 1.61. The highest BCUT2D eigenvalue weighted by atomic mass is 16.1. The molecule has 6 heteroatoms. The summed E-state index contributed by atoms with van der Waals surface area (Å²) < 4.78 is 1.72. The van der Waals surface area contributed by atoms with E-state index in [1.165, 1.54) is 12.3 Å². The summed E-state index contributed by atoms with van der Waals surface area (Å²) in [5, 5.41) is 15.5. The van der Waals surface area contributed by atoms with Gasteiger partial charge in [-0.1, -0.05) is 0 Å². The molecule has 1 amide bonds. The minimum Gasteiger partial charge on any atom is -0.350 e. The van der Waals surface area contributed by atoms with Crippen LogP contribution < -0.4 is 5.32 Å². The zero-order valence-corrected chi connectivity index (χ0v) is 10.5. The highest BCUT2D eigenvalue weighted by Gasteiger charge is 2.06. The van der Waals surface area contributed by atoms with E-state index < -0.39 is 0 Å². The van der Waals surface area contributed by atoms with Gasteiger partial charge in [0.05, 0.1) is 11.8 Å². The lowest BCUT2D eigenvalue weighted by molar-refractivity contribution is 0.0949. The third kappa shape index (κ3) is 3.39. The molecule has 2 aromatic heterocycles. The number of pyridine rings is 1. The summed E-state index contributed by atoms with van der Waals surface area (Å²) in [6.07, 6.45) is 5.78. The molecule has 2 aromatic rings. The zero-order chi connectivity index (χ0) is 13.7. The van der Waals surface area contributed by atoms with Crippen LogP contribution in [0.5, 0.6) is 0 Å². The number of aryl methyl sites for hydroxylation is 1. The van der Waals surface area contributed by atoms with Gasteiger partial charge < -0.3 is 5.32 Å². The third-order valence-corrected chi connectivity index (χ3v) is 2.58. The number of rotatable bonds is 4. The highest BCUT2D eigenvalue weighted by molar-refractivity contribution is 5.92. The second-order valence-corrected chi connectivity index (χ2v) is 4.07. The van der Waals surface area contributed by atoms with Crippen LogP contribution in [0.15, 0.2) is 30.7 Å². The van der Waals surface area contributed by atoms with Crippen LogP contribution in [0.3, 0.4) is 0 Å². The summed E-state index contributed by atoms with van der Waals surface area (Å²) in [7, 11) is 1.85. The Morgan fingerprint density at radius 3 is 2.89 bits per heavy atom. The van der Waals surface area contributed by atoms with Crippen LogP contribution in [0, 0.1) is 11.3 Å². The van der Waals surface area contributed by atoms with Crippen molar-refractivity contribution >= 4 is 5.91 Å². The van der Waals surface area contributed by atoms with Gasteiger partial charge in [0.1, 0.15) is 11.8 Å². The molecule has 2 heterocycles. The molecule has 19 heavy (non-hydrogen) atoms. The Balaban J connectivity index is 1.85. The minimum atomic E-state index is -0.242. The summed E-state index contributed by atoms with van der Waals surface area (Å²) >= 11 is 0. The number of hydrogen-bond acceptors (Lipinski definition) is 4. The van der Waals surface area contributed by atoms with Gasteiger partial charge in [0.15, 0.2) is 0 Å². The van der Waals surface area contributed by atoms with Gasteiger partial charge in [-0.2, -0.15) is 10.4 Å². The van der Waals surface area contributed by atoms with Gasteiger partial charge in [-0.3, -0.25) is 9.48 Å². The first kappa shape index (κ1) is 12.8. The number of carbonyl (C=O) groups excluding carboxylic acids is 1. The molecule has 0 aliphatic carbocycles. The molecule has 0 aliphatic heterocycles. The predicted octanol–water partition coefficient (Wildman–Crippen LogP) is 0.659. The molecule has 6 nitrogen and oxygen atoms in total. The molecule has 96 valence electrons. The minimum absolute atomic E-state index is 0.242. The van der Waals surface area contributed by atoms with Crippen molar-refractivity contribution in [3.8, 4) is 6.07 Å². The van der Waals surface area contributed by atoms with E-state index in [1.54, 1.807) is 16.9 Å². The smallest absolute Gasteiger partial charge is 0.269 e. The molecule has 0 aromatic carbocycles. The van der Waals surface area contributed by atoms with Crippen molar-refractivity contribution in [1.29, 1.82) is 5.26 Å². The van der Waals surface area contributed by atoms with Crippen molar-refractivity contribution in [3.05, 3.63) is 47.5 Å². The maximum atomic E-state index is 11.8. The summed E-state index contributed by atoms with van der Waals surface area (Å²) in [6, 6.07) is 5.07. The lowest BCUT2D eigenvalue weighted by atomic mass is 10.2. The monoisotopic (exact) mass is 255 g/mol. The van der Waals surface area contributed by atoms with E-state index in [9.17, 15) is 4.79 Å². The quantitative estimate of drug-likeness (QED) is 0.869. The molecular formula is C13H13N5O. The predicted molar refractivity (Wildman–Crippen MR) is 68.2 cm³/mol. The van der Waals surface area contributed by atoms with Crippen LogP contribution >= 0.6 is 0 Å². The summed E-state index contributed by atoms with van der Waals surface area (Å²) in [5.74, 6) is -0.242. The van der Waals surface area contributed by atoms with Crippen LogP contribution in [0.4, 0.5) is 0 Å². The van der Waals surface area contributed by atoms with Crippen LogP contribution in [0.2, 0.25) is 0 Å². The van der Waals surface area contributed by atoms with Crippen molar-refractivity contribution < 1.29 is 4.79 Å². The van der Waals surface area contributed by atoms with Crippen molar-refractivity contribution in [3.63, 3.8) is 0 Å². The van der Waals surface area contributed by atoms with Crippen LogP contribution in [0.25, 0.3) is 0 Å². The molecular weight excluding hydrogens is 242 g/mol. The third-order valence-electron chi connectivity index (χ3n) is 2.58. The SMILES string of the molecule is Cn1cc(CCNC(=O)c2ccc(C#N)cn2)cn1. The number of carbonyl (C=O) groups is 1. The van der Waals surface area contributed by atoms with Gasteiger partial charge in [-0.05, 0) is 24.1 Å². The normalized spacial score (nSPS) is 9.89. The van der Waals surface area contributed by atoms with Gasteiger partial charge >= 0.3 is 0 Å². The van der Waals surface area contributed by atoms with Gasteiger partial charge in [0.2, 0.25) is 0 Å². The lowest BCUT2D eigenvalue weighted by Crippen LogP contribution is -2.26. The topological polar surface area (TPSA) is 83.6 Å². The molecule has 0 fully saturated rings. The van der Waals surface area contributed by atoms with E-state index in [0.717, 1.165) is 12.0 Å². The molecule has 0 aliphatic rings. The number of nitrogens with one attached hydrogen (secondary N) is 1. The Hall–Kier alpha value is -2.68. The van der Waals surface area contributed by atoms with Crippen molar-refractivity contribution in [2.24, 2.45) is 7.05 Å². The Morgan fingerprint density at radius 1 is 1.47 bits per heavy atom. The van der Waals surface area contributed by atoms with Crippen molar-refractivity contribution in [1.82, 2.24) is 20.1 Å². The molecule has 0 atom stereocenters. The zero-order valence-electron chi connectivity index (χ0n) is 10.5. The average Bonchev–Trinajstić information content (AvgIpc) is 2.84. The Kier molecular flexibility index (Phi) is 3.88. The van der Waals surface area contributed by atoms with E-state index in [0.29, 0.717) is 17.8 Å².